The van der Waals surface area contributed by atoms with Crippen molar-refractivity contribution in [2.75, 3.05) is 13.7 Å². The zero-order valence-corrected chi connectivity index (χ0v) is 12.7. The van der Waals surface area contributed by atoms with Gasteiger partial charge >= 0.3 is 5.97 Å². The second kappa shape index (κ2) is 7.54. The summed E-state index contributed by atoms with van der Waals surface area (Å²) < 4.78 is 5.87. The second-order valence-electron chi connectivity index (χ2n) is 4.63. The van der Waals surface area contributed by atoms with Crippen LogP contribution in [0.1, 0.15) is 19.4 Å². The van der Waals surface area contributed by atoms with Crippen molar-refractivity contribution in [2.24, 2.45) is 11.8 Å². The molecule has 1 N–H and O–H groups in total. The molecule has 3 nitrogen and oxygen atoms in total. The van der Waals surface area contributed by atoms with E-state index in [9.17, 15) is 4.79 Å². The lowest BCUT2D eigenvalue weighted by Gasteiger charge is -2.18. The number of carbonyl (C=O) groups excluding carboxylic acids is 1. The Morgan fingerprint density at radius 2 is 2.17 bits per heavy atom. The molecule has 0 aliphatic rings. The van der Waals surface area contributed by atoms with Crippen LogP contribution in [0.15, 0.2) is 28.7 Å². The summed E-state index contributed by atoms with van der Waals surface area (Å²) >= 11 is 3.44. The summed E-state index contributed by atoms with van der Waals surface area (Å²) in [5, 5.41) is 3.30. The van der Waals surface area contributed by atoms with E-state index in [0.29, 0.717) is 6.54 Å². The highest BCUT2D eigenvalue weighted by Gasteiger charge is 2.22. The van der Waals surface area contributed by atoms with Crippen LogP contribution >= 0.6 is 15.9 Å². The van der Waals surface area contributed by atoms with Crippen LogP contribution in [0.2, 0.25) is 0 Å². The maximum atomic E-state index is 11.6. The third kappa shape index (κ3) is 4.78. The lowest BCUT2D eigenvalue weighted by atomic mass is 9.96. The highest BCUT2D eigenvalue weighted by molar-refractivity contribution is 9.10. The first-order valence-corrected chi connectivity index (χ1v) is 6.87. The summed E-state index contributed by atoms with van der Waals surface area (Å²) in [5.74, 6) is 0.0290. The standard InChI is InChI=1S/C14H20BrNO2/c1-10(2)13(14(17)18-3)9-16-8-11-5-4-6-12(15)7-11/h4-7,10,13,16H,8-9H2,1-3H3. The molecule has 100 valence electrons. The SMILES string of the molecule is COC(=O)C(CNCc1cccc(Br)c1)C(C)C. The quantitative estimate of drug-likeness (QED) is 0.821. The van der Waals surface area contributed by atoms with Crippen LogP contribution in [-0.4, -0.2) is 19.6 Å². The zero-order chi connectivity index (χ0) is 13.5. The summed E-state index contributed by atoms with van der Waals surface area (Å²) in [5.41, 5.74) is 1.19. The molecule has 1 rings (SSSR count). The predicted molar refractivity (Wildman–Crippen MR) is 76.2 cm³/mol. The number of esters is 1. The van der Waals surface area contributed by atoms with Crippen LogP contribution in [0, 0.1) is 11.8 Å². The van der Waals surface area contributed by atoms with Crippen LogP contribution in [-0.2, 0) is 16.1 Å². The first-order valence-electron chi connectivity index (χ1n) is 6.07. The molecule has 4 heteroatoms. The average molecular weight is 314 g/mol. The minimum atomic E-state index is -0.147. The molecule has 0 bridgehead atoms. The van der Waals surface area contributed by atoms with E-state index < -0.39 is 0 Å². The largest absolute Gasteiger partial charge is 0.469 e. The van der Waals surface area contributed by atoms with Crippen LogP contribution in [0.5, 0.6) is 0 Å². The Kier molecular flexibility index (Phi) is 6.36. The average Bonchev–Trinajstić information content (AvgIpc) is 2.33. The van der Waals surface area contributed by atoms with Gasteiger partial charge in [-0.05, 0) is 23.6 Å². The first kappa shape index (κ1) is 15.2. The van der Waals surface area contributed by atoms with E-state index in [0.717, 1.165) is 11.0 Å². The van der Waals surface area contributed by atoms with Crippen molar-refractivity contribution in [2.45, 2.75) is 20.4 Å². The number of hydrogen-bond donors (Lipinski definition) is 1. The monoisotopic (exact) mass is 313 g/mol. The molecule has 0 aromatic heterocycles. The molecule has 0 spiro atoms. The molecular formula is C14H20BrNO2. The lowest BCUT2D eigenvalue weighted by Crippen LogP contribution is -2.32. The van der Waals surface area contributed by atoms with Gasteiger partial charge in [0.2, 0.25) is 0 Å². The van der Waals surface area contributed by atoms with E-state index in [2.05, 4.69) is 33.4 Å². The molecule has 0 saturated carbocycles. The van der Waals surface area contributed by atoms with Crippen LogP contribution in [0.25, 0.3) is 0 Å². The Hall–Kier alpha value is -0.870. The molecule has 18 heavy (non-hydrogen) atoms. The minimum absolute atomic E-state index is 0.0952. The molecule has 1 aromatic rings. The van der Waals surface area contributed by atoms with Gasteiger partial charge in [-0.15, -0.1) is 0 Å². The molecule has 0 aliphatic carbocycles. The van der Waals surface area contributed by atoms with Gasteiger partial charge in [-0.1, -0.05) is 41.9 Å². The first-order chi connectivity index (χ1) is 8.54. The van der Waals surface area contributed by atoms with Crippen molar-refractivity contribution in [1.29, 1.82) is 0 Å². The second-order valence-corrected chi connectivity index (χ2v) is 5.55. The normalized spacial score (nSPS) is 12.5. The number of methoxy groups -OCH3 is 1. The smallest absolute Gasteiger partial charge is 0.310 e. The van der Waals surface area contributed by atoms with E-state index >= 15 is 0 Å². The van der Waals surface area contributed by atoms with Crippen LogP contribution in [0.3, 0.4) is 0 Å². The Morgan fingerprint density at radius 1 is 1.44 bits per heavy atom. The van der Waals surface area contributed by atoms with E-state index in [1.807, 2.05) is 26.0 Å². The van der Waals surface area contributed by atoms with Gasteiger partial charge in [-0.3, -0.25) is 4.79 Å². The fraction of sp³-hybridized carbons (Fsp3) is 0.500. The lowest BCUT2D eigenvalue weighted by molar-refractivity contribution is -0.146. The summed E-state index contributed by atoms with van der Waals surface area (Å²) in [6.07, 6.45) is 0. The van der Waals surface area contributed by atoms with Gasteiger partial charge in [0.05, 0.1) is 13.0 Å². The molecule has 0 amide bonds. The number of rotatable bonds is 6. The van der Waals surface area contributed by atoms with E-state index in [1.54, 1.807) is 0 Å². The van der Waals surface area contributed by atoms with Gasteiger partial charge in [-0.2, -0.15) is 0 Å². The van der Waals surface area contributed by atoms with Crippen LogP contribution < -0.4 is 5.32 Å². The fourth-order valence-corrected chi connectivity index (χ4v) is 2.21. The van der Waals surface area contributed by atoms with Crippen LogP contribution in [0.4, 0.5) is 0 Å². The molecule has 1 aromatic carbocycles. The van der Waals surface area contributed by atoms with Gasteiger partial charge < -0.3 is 10.1 Å². The van der Waals surface area contributed by atoms with Crippen molar-refractivity contribution in [1.82, 2.24) is 5.32 Å². The highest BCUT2D eigenvalue weighted by Crippen LogP contribution is 2.13. The van der Waals surface area contributed by atoms with Gasteiger partial charge in [0.15, 0.2) is 0 Å². The molecule has 0 fully saturated rings. The van der Waals surface area contributed by atoms with Crippen molar-refractivity contribution >= 4 is 21.9 Å². The Labute approximate surface area is 117 Å². The van der Waals surface area contributed by atoms with Gasteiger partial charge in [0.25, 0.3) is 0 Å². The summed E-state index contributed by atoms with van der Waals surface area (Å²) in [7, 11) is 1.44. The van der Waals surface area contributed by atoms with E-state index in [1.165, 1.54) is 12.7 Å². The third-order valence-corrected chi connectivity index (χ3v) is 3.38. The van der Waals surface area contributed by atoms with Gasteiger partial charge in [0, 0.05) is 17.6 Å². The number of hydrogen-bond acceptors (Lipinski definition) is 3. The molecule has 0 saturated heterocycles. The Morgan fingerprint density at radius 3 is 2.72 bits per heavy atom. The number of carbonyl (C=O) groups is 1. The van der Waals surface area contributed by atoms with Crippen molar-refractivity contribution in [3.63, 3.8) is 0 Å². The van der Waals surface area contributed by atoms with Gasteiger partial charge in [0.1, 0.15) is 0 Å². The van der Waals surface area contributed by atoms with E-state index in [-0.39, 0.29) is 17.8 Å². The molecule has 1 atom stereocenters. The van der Waals surface area contributed by atoms with Gasteiger partial charge in [-0.25, -0.2) is 0 Å². The summed E-state index contributed by atoms with van der Waals surface area (Å²) in [6, 6.07) is 8.12. The number of halogens is 1. The Bertz CT molecular complexity index is 393. The summed E-state index contributed by atoms with van der Waals surface area (Å²) in [4.78, 5) is 11.6. The predicted octanol–water partition coefficient (Wildman–Crippen LogP) is 2.98. The molecular weight excluding hydrogens is 294 g/mol. The van der Waals surface area contributed by atoms with Crippen molar-refractivity contribution < 1.29 is 9.53 Å². The molecule has 0 heterocycles. The highest BCUT2D eigenvalue weighted by atomic mass is 79.9. The maximum Gasteiger partial charge on any atom is 0.310 e. The number of ether oxygens (including phenoxy) is 1. The maximum absolute atomic E-state index is 11.6. The summed E-state index contributed by atoms with van der Waals surface area (Å²) in [6.45, 7) is 5.45. The number of nitrogens with one attached hydrogen (secondary N) is 1. The topological polar surface area (TPSA) is 38.3 Å². The van der Waals surface area contributed by atoms with Crippen molar-refractivity contribution in [3.8, 4) is 0 Å². The van der Waals surface area contributed by atoms with Crippen molar-refractivity contribution in [3.05, 3.63) is 34.3 Å². The minimum Gasteiger partial charge on any atom is -0.469 e. The molecule has 0 radical (unpaired) electrons. The third-order valence-electron chi connectivity index (χ3n) is 2.89. The zero-order valence-electron chi connectivity index (χ0n) is 11.1. The fourth-order valence-electron chi connectivity index (χ4n) is 1.76. The van der Waals surface area contributed by atoms with E-state index in [4.69, 9.17) is 4.74 Å². The molecule has 1 unspecified atom stereocenters. The molecule has 0 aliphatic heterocycles. The Balaban J connectivity index is 2.46. The number of benzene rings is 1.